The largest absolute Gasteiger partial charge is 0.405 e. The molecular formula is C20H23F3N2O3S. The summed E-state index contributed by atoms with van der Waals surface area (Å²) < 4.78 is 63.8. The van der Waals surface area contributed by atoms with Gasteiger partial charge >= 0.3 is 6.18 Å². The van der Waals surface area contributed by atoms with Crippen molar-refractivity contribution in [2.45, 2.75) is 43.8 Å². The molecule has 9 heteroatoms. The second-order valence-corrected chi connectivity index (χ2v) is 9.36. The van der Waals surface area contributed by atoms with Gasteiger partial charge in [0.05, 0.1) is 4.90 Å². The van der Waals surface area contributed by atoms with E-state index in [1.54, 1.807) is 17.4 Å². The number of halogens is 3. The molecule has 0 bridgehead atoms. The molecule has 0 heterocycles. The second kappa shape index (κ2) is 8.54. The van der Waals surface area contributed by atoms with Crippen LogP contribution in [0.15, 0.2) is 53.4 Å². The molecule has 0 saturated heterocycles. The number of benzene rings is 2. The van der Waals surface area contributed by atoms with Gasteiger partial charge in [-0.3, -0.25) is 4.79 Å². The number of carbonyl (C=O) groups is 1. The third-order valence-corrected chi connectivity index (χ3v) is 5.58. The molecule has 0 aromatic heterocycles. The monoisotopic (exact) mass is 428 g/mol. The molecular weight excluding hydrogens is 405 g/mol. The molecule has 0 atom stereocenters. The number of hydrogen-bond acceptors (Lipinski definition) is 3. The first-order valence-corrected chi connectivity index (χ1v) is 10.3. The molecule has 0 aliphatic carbocycles. The van der Waals surface area contributed by atoms with Gasteiger partial charge in [-0.1, -0.05) is 45.0 Å². The van der Waals surface area contributed by atoms with Crippen molar-refractivity contribution < 1.29 is 26.4 Å². The smallest absolute Gasteiger partial charge is 0.343 e. The second-order valence-electron chi connectivity index (χ2n) is 7.59. The van der Waals surface area contributed by atoms with E-state index in [4.69, 9.17) is 0 Å². The third-order valence-electron chi connectivity index (χ3n) is 4.16. The van der Waals surface area contributed by atoms with Crippen LogP contribution in [0.4, 0.5) is 13.2 Å². The van der Waals surface area contributed by atoms with Crippen LogP contribution in [0.5, 0.6) is 0 Å². The summed E-state index contributed by atoms with van der Waals surface area (Å²) >= 11 is 0. The van der Waals surface area contributed by atoms with Gasteiger partial charge in [-0.25, -0.2) is 13.1 Å². The predicted octanol–water partition coefficient (Wildman–Crippen LogP) is 3.75. The number of nitrogens with one attached hydrogen (secondary N) is 2. The van der Waals surface area contributed by atoms with Crippen molar-refractivity contribution in [2.75, 3.05) is 6.54 Å². The van der Waals surface area contributed by atoms with Crippen molar-refractivity contribution in [1.29, 1.82) is 0 Å². The Morgan fingerprint density at radius 3 is 1.97 bits per heavy atom. The number of sulfonamides is 1. The fourth-order valence-electron chi connectivity index (χ4n) is 2.45. The van der Waals surface area contributed by atoms with E-state index in [1.165, 1.54) is 36.4 Å². The van der Waals surface area contributed by atoms with Crippen molar-refractivity contribution in [2.24, 2.45) is 0 Å². The van der Waals surface area contributed by atoms with Crippen molar-refractivity contribution in [3.8, 4) is 0 Å². The van der Waals surface area contributed by atoms with Gasteiger partial charge in [0.15, 0.2) is 0 Å². The van der Waals surface area contributed by atoms with Crippen molar-refractivity contribution in [1.82, 2.24) is 10.0 Å². The first-order chi connectivity index (χ1) is 13.3. The van der Waals surface area contributed by atoms with Crippen LogP contribution >= 0.6 is 0 Å². The van der Waals surface area contributed by atoms with E-state index in [-0.39, 0.29) is 22.4 Å². The van der Waals surface area contributed by atoms with Crippen LogP contribution in [0.25, 0.3) is 0 Å². The molecule has 0 unspecified atom stereocenters. The maximum atomic E-state index is 12.4. The lowest BCUT2D eigenvalue weighted by atomic mass is 9.87. The lowest BCUT2D eigenvalue weighted by molar-refractivity contribution is -0.123. The van der Waals surface area contributed by atoms with Crippen LogP contribution in [0.1, 0.15) is 42.3 Å². The Labute approximate surface area is 168 Å². The fraction of sp³-hybridized carbons (Fsp3) is 0.350. The van der Waals surface area contributed by atoms with Gasteiger partial charge in [-0.05, 0) is 40.8 Å². The van der Waals surface area contributed by atoms with E-state index in [1.807, 2.05) is 20.8 Å². The molecule has 2 aromatic carbocycles. The fourth-order valence-corrected chi connectivity index (χ4v) is 3.47. The van der Waals surface area contributed by atoms with Gasteiger partial charge in [0.1, 0.15) is 6.54 Å². The summed E-state index contributed by atoms with van der Waals surface area (Å²) in [6, 6.07) is 12.3. The van der Waals surface area contributed by atoms with E-state index in [9.17, 15) is 26.4 Å². The highest BCUT2D eigenvalue weighted by molar-refractivity contribution is 7.89. The summed E-state index contributed by atoms with van der Waals surface area (Å²) in [5, 5.41) is 1.78. The van der Waals surface area contributed by atoms with E-state index >= 15 is 0 Å². The van der Waals surface area contributed by atoms with Gasteiger partial charge in [0.25, 0.3) is 5.91 Å². The lowest BCUT2D eigenvalue weighted by Gasteiger charge is -2.19. The van der Waals surface area contributed by atoms with Crippen LogP contribution in [0.2, 0.25) is 0 Å². The summed E-state index contributed by atoms with van der Waals surface area (Å²) in [5.74, 6) is -0.853. The van der Waals surface area contributed by atoms with Crippen molar-refractivity contribution >= 4 is 15.9 Å². The van der Waals surface area contributed by atoms with Crippen LogP contribution < -0.4 is 10.0 Å². The minimum Gasteiger partial charge on any atom is -0.343 e. The van der Waals surface area contributed by atoms with E-state index in [0.29, 0.717) is 5.56 Å². The molecule has 0 aliphatic rings. The molecule has 5 nitrogen and oxygen atoms in total. The predicted molar refractivity (Wildman–Crippen MR) is 104 cm³/mol. The minimum absolute atomic E-state index is 0.0200. The summed E-state index contributed by atoms with van der Waals surface area (Å²) in [6.07, 6.45) is -4.49. The standard InChI is InChI=1S/C20H23F3N2O3S/c1-19(2,3)16-8-10-17(11-9-16)29(27,28)25-12-14-4-6-15(7-5-14)18(26)24-13-20(21,22)23/h4-11,25H,12-13H2,1-3H3,(H,24,26). The molecule has 0 saturated carbocycles. The Balaban J connectivity index is 1.99. The Morgan fingerprint density at radius 2 is 1.48 bits per heavy atom. The molecule has 2 aromatic rings. The number of amides is 1. The normalized spacial score (nSPS) is 12.6. The van der Waals surface area contributed by atoms with Gasteiger partial charge in [0, 0.05) is 12.1 Å². The van der Waals surface area contributed by atoms with Crippen molar-refractivity contribution in [3.63, 3.8) is 0 Å². The van der Waals surface area contributed by atoms with E-state index in [2.05, 4.69) is 4.72 Å². The third kappa shape index (κ3) is 6.86. The molecule has 2 rings (SSSR count). The molecule has 0 fully saturated rings. The number of carbonyl (C=O) groups excluding carboxylic acids is 1. The zero-order chi connectivity index (χ0) is 21.9. The zero-order valence-corrected chi connectivity index (χ0v) is 17.1. The van der Waals surface area contributed by atoms with E-state index < -0.39 is 28.7 Å². The molecule has 0 aliphatic heterocycles. The average molecular weight is 428 g/mol. The lowest BCUT2D eigenvalue weighted by Crippen LogP contribution is -2.33. The number of alkyl halides is 3. The van der Waals surface area contributed by atoms with Crippen LogP contribution in [0, 0.1) is 0 Å². The van der Waals surface area contributed by atoms with Gasteiger partial charge in [0.2, 0.25) is 10.0 Å². The highest BCUT2D eigenvalue weighted by Crippen LogP contribution is 2.23. The summed E-state index contributed by atoms with van der Waals surface area (Å²) in [5.41, 5.74) is 1.53. The maximum absolute atomic E-state index is 12.4. The van der Waals surface area contributed by atoms with Gasteiger partial charge in [-0.2, -0.15) is 13.2 Å². The summed E-state index contributed by atoms with van der Waals surface area (Å²) in [4.78, 5) is 11.8. The zero-order valence-electron chi connectivity index (χ0n) is 16.3. The summed E-state index contributed by atoms with van der Waals surface area (Å²) in [6.45, 7) is 4.65. The quantitative estimate of drug-likeness (QED) is 0.736. The molecule has 0 spiro atoms. The first-order valence-electron chi connectivity index (χ1n) is 8.82. The van der Waals surface area contributed by atoms with Crippen LogP contribution in [-0.2, 0) is 22.0 Å². The van der Waals surface area contributed by atoms with Crippen LogP contribution in [-0.4, -0.2) is 27.0 Å². The average Bonchev–Trinajstić information content (AvgIpc) is 2.64. The Bertz CT molecular complexity index is 946. The molecule has 0 radical (unpaired) electrons. The highest BCUT2D eigenvalue weighted by Gasteiger charge is 2.27. The molecule has 2 N–H and O–H groups in total. The highest BCUT2D eigenvalue weighted by atomic mass is 32.2. The van der Waals surface area contributed by atoms with Gasteiger partial charge in [-0.15, -0.1) is 0 Å². The summed E-state index contributed by atoms with van der Waals surface area (Å²) in [7, 11) is -3.73. The molecule has 158 valence electrons. The maximum Gasteiger partial charge on any atom is 0.405 e. The number of hydrogen-bond donors (Lipinski definition) is 2. The SMILES string of the molecule is CC(C)(C)c1ccc(S(=O)(=O)NCc2ccc(C(=O)NCC(F)(F)F)cc2)cc1. The van der Waals surface area contributed by atoms with Gasteiger partial charge < -0.3 is 5.32 Å². The topological polar surface area (TPSA) is 75.3 Å². The van der Waals surface area contributed by atoms with Crippen molar-refractivity contribution in [3.05, 3.63) is 65.2 Å². The molecule has 1 amide bonds. The minimum atomic E-state index is -4.49. The Kier molecular flexibility index (Phi) is 6.74. The Hall–Kier alpha value is -2.39. The first kappa shape index (κ1) is 22.9. The van der Waals surface area contributed by atoms with E-state index in [0.717, 1.165) is 5.56 Å². The molecule has 29 heavy (non-hydrogen) atoms. The van der Waals surface area contributed by atoms with Crippen LogP contribution in [0.3, 0.4) is 0 Å². The Morgan fingerprint density at radius 1 is 0.931 bits per heavy atom. The number of rotatable bonds is 6.